The SMILES string of the molecule is CC(C)N(CCC(=O)O)c1nccc2occc12. The zero-order chi connectivity index (χ0) is 13.1. The van der Waals surface area contributed by atoms with Gasteiger partial charge in [0, 0.05) is 18.8 Å². The highest BCUT2D eigenvalue weighted by Gasteiger charge is 2.16. The number of pyridine rings is 1. The molecule has 0 amide bonds. The summed E-state index contributed by atoms with van der Waals surface area (Å²) in [5, 5.41) is 9.71. The van der Waals surface area contributed by atoms with Crippen LogP contribution in [0.4, 0.5) is 5.82 Å². The van der Waals surface area contributed by atoms with Crippen molar-refractivity contribution in [3.63, 3.8) is 0 Å². The van der Waals surface area contributed by atoms with E-state index in [1.165, 1.54) is 0 Å². The lowest BCUT2D eigenvalue weighted by Gasteiger charge is -2.27. The van der Waals surface area contributed by atoms with Crippen LogP contribution < -0.4 is 4.90 Å². The second-order valence-electron chi connectivity index (χ2n) is 4.40. The first-order valence-electron chi connectivity index (χ1n) is 5.90. The first-order valence-corrected chi connectivity index (χ1v) is 5.90. The van der Waals surface area contributed by atoms with Crippen molar-refractivity contribution in [2.45, 2.75) is 26.3 Å². The molecular formula is C13H16N2O3. The number of hydrogen-bond donors (Lipinski definition) is 1. The van der Waals surface area contributed by atoms with E-state index in [-0.39, 0.29) is 12.5 Å². The standard InChI is InChI=1S/C13H16N2O3/c1-9(2)15(7-4-12(16)17)13-10-5-8-18-11(10)3-6-14-13/h3,5-6,8-9H,4,7H2,1-2H3,(H,16,17). The number of hydrogen-bond acceptors (Lipinski definition) is 4. The van der Waals surface area contributed by atoms with Crippen molar-refractivity contribution in [3.8, 4) is 0 Å². The molecule has 2 aromatic rings. The van der Waals surface area contributed by atoms with Crippen LogP contribution in [0.3, 0.4) is 0 Å². The molecule has 0 atom stereocenters. The average Bonchev–Trinajstić information content (AvgIpc) is 2.77. The predicted molar refractivity (Wildman–Crippen MR) is 68.7 cm³/mol. The van der Waals surface area contributed by atoms with Gasteiger partial charge in [-0.05, 0) is 26.0 Å². The first-order chi connectivity index (χ1) is 8.59. The second kappa shape index (κ2) is 5.08. The van der Waals surface area contributed by atoms with Crippen molar-refractivity contribution < 1.29 is 14.3 Å². The lowest BCUT2D eigenvalue weighted by atomic mass is 10.2. The van der Waals surface area contributed by atoms with Crippen LogP contribution in [0.25, 0.3) is 11.0 Å². The maximum atomic E-state index is 10.7. The normalized spacial score (nSPS) is 11.1. The monoisotopic (exact) mass is 248 g/mol. The fourth-order valence-electron chi connectivity index (χ4n) is 1.93. The number of anilines is 1. The topological polar surface area (TPSA) is 66.6 Å². The van der Waals surface area contributed by atoms with Crippen LogP contribution in [-0.4, -0.2) is 28.6 Å². The summed E-state index contributed by atoms with van der Waals surface area (Å²) in [5.74, 6) is -0.0301. The molecule has 0 aliphatic rings. The van der Waals surface area contributed by atoms with Gasteiger partial charge < -0.3 is 14.4 Å². The third-order valence-corrected chi connectivity index (χ3v) is 2.82. The van der Waals surface area contributed by atoms with Crippen LogP contribution in [0.15, 0.2) is 29.0 Å². The van der Waals surface area contributed by atoms with Gasteiger partial charge in [-0.15, -0.1) is 0 Å². The maximum absolute atomic E-state index is 10.7. The van der Waals surface area contributed by atoms with Crippen LogP contribution in [0.5, 0.6) is 0 Å². The lowest BCUT2D eigenvalue weighted by molar-refractivity contribution is -0.136. The Morgan fingerprint density at radius 3 is 2.94 bits per heavy atom. The Hall–Kier alpha value is -2.04. The van der Waals surface area contributed by atoms with Gasteiger partial charge >= 0.3 is 5.97 Å². The van der Waals surface area contributed by atoms with Crippen molar-refractivity contribution in [3.05, 3.63) is 24.6 Å². The summed E-state index contributed by atoms with van der Waals surface area (Å²) in [5.41, 5.74) is 0.765. The second-order valence-corrected chi connectivity index (χ2v) is 4.40. The van der Waals surface area contributed by atoms with Gasteiger partial charge in [0.25, 0.3) is 0 Å². The van der Waals surface area contributed by atoms with Crippen molar-refractivity contribution in [2.75, 3.05) is 11.4 Å². The molecule has 0 bridgehead atoms. The molecule has 0 aliphatic carbocycles. The summed E-state index contributed by atoms with van der Waals surface area (Å²) >= 11 is 0. The maximum Gasteiger partial charge on any atom is 0.305 e. The first kappa shape index (κ1) is 12.4. The van der Waals surface area contributed by atoms with Gasteiger partial charge in [-0.25, -0.2) is 4.98 Å². The van der Waals surface area contributed by atoms with Gasteiger partial charge in [0.1, 0.15) is 11.4 Å². The van der Waals surface area contributed by atoms with Crippen LogP contribution >= 0.6 is 0 Å². The third kappa shape index (κ3) is 2.45. The molecule has 0 fully saturated rings. The smallest absolute Gasteiger partial charge is 0.305 e. The van der Waals surface area contributed by atoms with Gasteiger partial charge in [0.2, 0.25) is 0 Å². The number of aliphatic carboxylic acids is 1. The molecule has 5 nitrogen and oxygen atoms in total. The molecule has 0 aromatic carbocycles. The number of nitrogens with zero attached hydrogens (tertiary/aromatic N) is 2. The average molecular weight is 248 g/mol. The van der Waals surface area contributed by atoms with E-state index in [0.29, 0.717) is 6.54 Å². The number of rotatable bonds is 5. The largest absolute Gasteiger partial charge is 0.481 e. The van der Waals surface area contributed by atoms with Gasteiger partial charge in [0.15, 0.2) is 0 Å². The molecule has 5 heteroatoms. The van der Waals surface area contributed by atoms with E-state index < -0.39 is 5.97 Å². The van der Waals surface area contributed by atoms with E-state index >= 15 is 0 Å². The molecule has 1 N–H and O–H groups in total. The molecule has 18 heavy (non-hydrogen) atoms. The summed E-state index contributed by atoms with van der Waals surface area (Å²) < 4.78 is 5.33. The number of carboxylic acids is 1. The molecule has 96 valence electrons. The molecule has 0 unspecified atom stereocenters. The summed E-state index contributed by atoms with van der Waals surface area (Å²) in [7, 11) is 0. The zero-order valence-electron chi connectivity index (χ0n) is 10.5. The minimum Gasteiger partial charge on any atom is -0.481 e. The zero-order valence-corrected chi connectivity index (χ0v) is 10.5. The number of aromatic nitrogens is 1. The molecular weight excluding hydrogens is 232 g/mol. The molecule has 0 spiro atoms. The van der Waals surface area contributed by atoms with Gasteiger partial charge in [-0.2, -0.15) is 0 Å². The van der Waals surface area contributed by atoms with E-state index in [4.69, 9.17) is 9.52 Å². The Morgan fingerprint density at radius 1 is 1.50 bits per heavy atom. The number of fused-ring (bicyclic) bond motifs is 1. The van der Waals surface area contributed by atoms with Crippen molar-refractivity contribution in [1.29, 1.82) is 0 Å². The van der Waals surface area contributed by atoms with E-state index in [9.17, 15) is 4.79 Å². The van der Waals surface area contributed by atoms with E-state index in [0.717, 1.165) is 16.8 Å². The van der Waals surface area contributed by atoms with Crippen LogP contribution in [-0.2, 0) is 4.79 Å². The summed E-state index contributed by atoms with van der Waals surface area (Å²) in [4.78, 5) is 17.0. The van der Waals surface area contributed by atoms with Gasteiger partial charge in [-0.1, -0.05) is 0 Å². The molecule has 0 saturated heterocycles. The predicted octanol–water partition coefficient (Wildman–Crippen LogP) is 2.52. The molecule has 0 saturated carbocycles. The molecule has 2 heterocycles. The molecule has 0 aliphatic heterocycles. The van der Waals surface area contributed by atoms with Crippen molar-refractivity contribution in [1.82, 2.24) is 4.98 Å². The Morgan fingerprint density at radius 2 is 2.28 bits per heavy atom. The van der Waals surface area contributed by atoms with Crippen LogP contribution in [0.1, 0.15) is 20.3 Å². The summed E-state index contributed by atoms with van der Waals surface area (Å²) in [6.07, 6.45) is 3.39. The highest BCUT2D eigenvalue weighted by atomic mass is 16.4. The molecule has 0 radical (unpaired) electrons. The van der Waals surface area contributed by atoms with Crippen LogP contribution in [0, 0.1) is 0 Å². The Bertz CT molecular complexity index is 548. The van der Waals surface area contributed by atoms with Gasteiger partial charge in [-0.3, -0.25) is 4.79 Å². The summed E-state index contributed by atoms with van der Waals surface area (Å²) in [6, 6.07) is 3.83. The number of carboxylic acid groups (broad SMARTS) is 1. The molecule has 2 aromatic heterocycles. The van der Waals surface area contributed by atoms with Crippen molar-refractivity contribution >= 4 is 22.8 Å². The molecule has 2 rings (SSSR count). The quantitative estimate of drug-likeness (QED) is 0.880. The van der Waals surface area contributed by atoms with Gasteiger partial charge in [0.05, 0.1) is 18.1 Å². The summed E-state index contributed by atoms with van der Waals surface area (Å²) in [6.45, 7) is 4.47. The highest BCUT2D eigenvalue weighted by molar-refractivity contribution is 5.88. The Labute approximate surface area is 105 Å². The Kier molecular flexibility index (Phi) is 3.50. The number of carbonyl (C=O) groups is 1. The lowest BCUT2D eigenvalue weighted by Crippen LogP contribution is -2.33. The minimum absolute atomic E-state index is 0.0914. The highest BCUT2D eigenvalue weighted by Crippen LogP contribution is 2.26. The van der Waals surface area contributed by atoms with Crippen LogP contribution in [0.2, 0.25) is 0 Å². The van der Waals surface area contributed by atoms with E-state index in [1.54, 1.807) is 18.5 Å². The van der Waals surface area contributed by atoms with E-state index in [1.807, 2.05) is 24.8 Å². The third-order valence-electron chi connectivity index (χ3n) is 2.82. The Balaban J connectivity index is 2.35. The fraction of sp³-hybridized carbons (Fsp3) is 0.385. The van der Waals surface area contributed by atoms with E-state index in [2.05, 4.69) is 4.98 Å². The van der Waals surface area contributed by atoms with Crippen molar-refractivity contribution in [2.24, 2.45) is 0 Å². The fourth-order valence-corrected chi connectivity index (χ4v) is 1.93. The number of furan rings is 1. The minimum atomic E-state index is -0.806.